The highest BCUT2D eigenvalue weighted by molar-refractivity contribution is 14.0. The number of guanidine groups is 1. The van der Waals surface area contributed by atoms with Crippen LogP contribution in [0.1, 0.15) is 11.1 Å². The molecule has 0 bridgehead atoms. The van der Waals surface area contributed by atoms with Gasteiger partial charge >= 0.3 is 0 Å². The second-order valence-corrected chi connectivity index (χ2v) is 4.53. The molecule has 0 spiro atoms. The fourth-order valence-corrected chi connectivity index (χ4v) is 2.05. The van der Waals surface area contributed by atoms with E-state index in [0.717, 1.165) is 37.4 Å². The van der Waals surface area contributed by atoms with Crippen molar-refractivity contribution in [2.24, 2.45) is 10.7 Å². The van der Waals surface area contributed by atoms with E-state index in [0.29, 0.717) is 19.1 Å². The van der Waals surface area contributed by atoms with E-state index in [1.807, 2.05) is 12.1 Å². The third kappa shape index (κ3) is 5.26. The lowest BCUT2D eigenvalue weighted by molar-refractivity contribution is 0.0674. The van der Waals surface area contributed by atoms with Crippen LogP contribution in [0, 0.1) is 0 Å². The zero-order valence-electron chi connectivity index (χ0n) is 11.7. The van der Waals surface area contributed by atoms with Gasteiger partial charge in [-0.1, -0.05) is 24.3 Å². The van der Waals surface area contributed by atoms with Gasteiger partial charge in [-0.25, -0.2) is 4.99 Å². The molecule has 1 heterocycles. The molecule has 1 aromatic rings. The number of ether oxygens (including phenoxy) is 2. The number of benzene rings is 1. The first-order valence-electron chi connectivity index (χ1n) is 6.49. The minimum Gasteiger partial charge on any atom is -0.380 e. The summed E-state index contributed by atoms with van der Waals surface area (Å²) in [5, 5.41) is 0. The molecule has 6 heteroatoms. The summed E-state index contributed by atoms with van der Waals surface area (Å²) in [6.45, 7) is 4.30. The highest BCUT2D eigenvalue weighted by Crippen LogP contribution is 2.08. The van der Waals surface area contributed by atoms with E-state index in [-0.39, 0.29) is 24.0 Å². The Hall–Kier alpha value is -0.860. The standard InChI is InChI=1S/C14H21N3O2.HI/c1-18-11-13-4-2-3-12(9-13)10-16-14(15)17-5-7-19-8-6-17;/h2-4,9H,5-8,10-11H2,1H3,(H2,15,16);1H. The number of rotatable bonds is 4. The molecule has 20 heavy (non-hydrogen) atoms. The first-order valence-corrected chi connectivity index (χ1v) is 6.49. The summed E-state index contributed by atoms with van der Waals surface area (Å²) in [4.78, 5) is 6.50. The van der Waals surface area contributed by atoms with Crippen LogP contribution in [0.15, 0.2) is 29.3 Å². The average molecular weight is 391 g/mol. The number of methoxy groups -OCH3 is 1. The van der Waals surface area contributed by atoms with Crippen LogP contribution in [0.2, 0.25) is 0 Å². The van der Waals surface area contributed by atoms with Crippen LogP contribution in [0.25, 0.3) is 0 Å². The van der Waals surface area contributed by atoms with Crippen molar-refractivity contribution in [2.75, 3.05) is 33.4 Å². The van der Waals surface area contributed by atoms with E-state index < -0.39 is 0 Å². The Morgan fingerprint density at radius 1 is 1.35 bits per heavy atom. The highest BCUT2D eigenvalue weighted by atomic mass is 127. The van der Waals surface area contributed by atoms with Gasteiger partial charge in [-0.15, -0.1) is 24.0 Å². The Bertz CT molecular complexity index is 434. The molecule has 0 radical (unpaired) electrons. The Balaban J connectivity index is 0.00000200. The average Bonchev–Trinajstić information content (AvgIpc) is 2.46. The Morgan fingerprint density at radius 3 is 2.75 bits per heavy atom. The predicted octanol–water partition coefficient (Wildman–Crippen LogP) is 1.60. The zero-order valence-corrected chi connectivity index (χ0v) is 14.1. The van der Waals surface area contributed by atoms with Gasteiger partial charge in [0.1, 0.15) is 0 Å². The smallest absolute Gasteiger partial charge is 0.191 e. The highest BCUT2D eigenvalue weighted by Gasteiger charge is 2.11. The fourth-order valence-electron chi connectivity index (χ4n) is 2.05. The molecule has 0 saturated carbocycles. The van der Waals surface area contributed by atoms with Crippen molar-refractivity contribution in [3.8, 4) is 0 Å². The maximum absolute atomic E-state index is 5.99. The molecule has 5 nitrogen and oxygen atoms in total. The van der Waals surface area contributed by atoms with E-state index in [4.69, 9.17) is 15.2 Å². The van der Waals surface area contributed by atoms with Gasteiger partial charge in [0.15, 0.2) is 5.96 Å². The molecule has 1 fully saturated rings. The molecule has 2 rings (SSSR count). The van der Waals surface area contributed by atoms with E-state index in [1.54, 1.807) is 7.11 Å². The fraction of sp³-hybridized carbons (Fsp3) is 0.500. The summed E-state index contributed by atoms with van der Waals surface area (Å²) in [5.74, 6) is 0.598. The molecule has 1 aliphatic rings. The Morgan fingerprint density at radius 2 is 2.05 bits per heavy atom. The van der Waals surface area contributed by atoms with Crippen molar-refractivity contribution in [3.05, 3.63) is 35.4 Å². The zero-order chi connectivity index (χ0) is 13.5. The lowest BCUT2D eigenvalue weighted by Gasteiger charge is -2.27. The molecule has 0 atom stereocenters. The summed E-state index contributed by atoms with van der Waals surface area (Å²) in [7, 11) is 1.70. The SMILES string of the molecule is COCc1cccc(CN=C(N)N2CCOCC2)c1.I. The summed E-state index contributed by atoms with van der Waals surface area (Å²) in [6, 6.07) is 8.21. The van der Waals surface area contributed by atoms with E-state index >= 15 is 0 Å². The van der Waals surface area contributed by atoms with E-state index in [1.165, 1.54) is 0 Å². The summed E-state index contributed by atoms with van der Waals surface area (Å²) in [6.07, 6.45) is 0. The van der Waals surface area contributed by atoms with Crippen LogP contribution >= 0.6 is 24.0 Å². The Kier molecular flexibility index (Phi) is 7.86. The van der Waals surface area contributed by atoms with E-state index in [9.17, 15) is 0 Å². The van der Waals surface area contributed by atoms with Gasteiger partial charge in [-0.05, 0) is 11.1 Å². The molecule has 0 amide bonds. The first kappa shape index (κ1) is 17.2. The van der Waals surface area contributed by atoms with Crippen LogP contribution in [-0.4, -0.2) is 44.3 Å². The third-order valence-electron chi connectivity index (χ3n) is 3.06. The summed E-state index contributed by atoms with van der Waals surface area (Å²) in [5.41, 5.74) is 8.29. The van der Waals surface area contributed by atoms with Crippen molar-refractivity contribution in [3.63, 3.8) is 0 Å². The molecular formula is C14H22IN3O2. The van der Waals surface area contributed by atoms with Crippen molar-refractivity contribution < 1.29 is 9.47 Å². The van der Waals surface area contributed by atoms with Gasteiger partial charge < -0.3 is 20.1 Å². The minimum absolute atomic E-state index is 0. The molecule has 1 aromatic carbocycles. The molecule has 0 unspecified atom stereocenters. The van der Waals surface area contributed by atoms with Gasteiger partial charge in [0, 0.05) is 20.2 Å². The number of hydrogen-bond donors (Lipinski definition) is 1. The van der Waals surface area contributed by atoms with Gasteiger partial charge in [0.2, 0.25) is 0 Å². The molecule has 2 N–H and O–H groups in total. The van der Waals surface area contributed by atoms with Crippen molar-refractivity contribution in [2.45, 2.75) is 13.2 Å². The maximum Gasteiger partial charge on any atom is 0.191 e. The minimum atomic E-state index is 0. The molecule has 1 aliphatic heterocycles. The lowest BCUT2D eigenvalue weighted by Crippen LogP contribution is -2.44. The summed E-state index contributed by atoms with van der Waals surface area (Å²) >= 11 is 0. The topological polar surface area (TPSA) is 60.1 Å². The molecule has 1 saturated heterocycles. The van der Waals surface area contributed by atoms with Crippen LogP contribution < -0.4 is 5.73 Å². The normalized spacial score (nSPS) is 15.8. The second-order valence-electron chi connectivity index (χ2n) is 4.53. The maximum atomic E-state index is 5.99. The van der Waals surface area contributed by atoms with Crippen molar-refractivity contribution in [1.29, 1.82) is 0 Å². The molecule has 0 aromatic heterocycles. The number of hydrogen-bond acceptors (Lipinski definition) is 3. The van der Waals surface area contributed by atoms with Gasteiger partial charge in [-0.3, -0.25) is 0 Å². The Labute approximate surface area is 137 Å². The van der Waals surface area contributed by atoms with Crippen molar-refractivity contribution in [1.82, 2.24) is 4.90 Å². The number of aliphatic imine (C=N–C) groups is 1. The van der Waals surface area contributed by atoms with E-state index in [2.05, 4.69) is 22.0 Å². The third-order valence-corrected chi connectivity index (χ3v) is 3.06. The second kappa shape index (κ2) is 9.15. The predicted molar refractivity (Wildman–Crippen MR) is 90.3 cm³/mol. The van der Waals surface area contributed by atoms with Crippen LogP contribution in [0.4, 0.5) is 0 Å². The number of nitrogens with two attached hydrogens (primary N) is 1. The molecule has 112 valence electrons. The first-order chi connectivity index (χ1) is 9.29. The van der Waals surface area contributed by atoms with Crippen LogP contribution in [0.5, 0.6) is 0 Å². The summed E-state index contributed by atoms with van der Waals surface area (Å²) < 4.78 is 10.4. The van der Waals surface area contributed by atoms with Gasteiger partial charge in [-0.2, -0.15) is 0 Å². The monoisotopic (exact) mass is 391 g/mol. The van der Waals surface area contributed by atoms with Gasteiger partial charge in [0.05, 0.1) is 26.4 Å². The van der Waals surface area contributed by atoms with Crippen molar-refractivity contribution >= 4 is 29.9 Å². The molecular weight excluding hydrogens is 369 g/mol. The number of halogens is 1. The quantitative estimate of drug-likeness (QED) is 0.481. The largest absolute Gasteiger partial charge is 0.380 e. The van der Waals surface area contributed by atoms with Crippen LogP contribution in [-0.2, 0) is 22.6 Å². The number of nitrogens with zero attached hydrogens (tertiary/aromatic N) is 2. The molecule has 0 aliphatic carbocycles. The lowest BCUT2D eigenvalue weighted by atomic mass is 10.1. The van der Waals surface area contributed by atoms with Gasteiger partial charge in [0.25, 0.3) is 0 Å². The number of morpholine rings is 1. The van der Waals surface area contributed by atoms with Crippen LogP contribution in [0.3, 0.4) is 0 Å².